The van der Waals surface area contributed by atoms with Crippen LogP contribution in [0.5, 0.6) is 0 Å². The van der Waals surface area contributed by atoms with Crippen molar-refractivity contribution in [1.29, 1.82) is 0 Å². The topological polar surface area (TPSA) is 32.5 Å². The number of pyridine rings is 5. The van der Waals surface area contributed by atoms with E-state index in [0.717, 1.165) is 11.2 Å². The molecule has 0 bridgehead atoms. The molecule has 0 saturated carbocycles. The second kappa shape index (κ2) is 34.9. The summed E-state index contributed by atoms with van der Waals surface area (Å²) in [6.45, 7) is 15.3. The van der Waals surface area contributed by atoms with Crippen molar-refractivity contribution in [3.05, 3.63) is 391 Å². The molecule has 0 amide bonds. The predicted octanol–water partition coefficient (Wildman–Crippen LogP) is 36.3. The van der Waals surface area contributed by atoms with Gasteiger partial charge < -0.3 is 4.42 Å². The highest BCUT2D eigenvalue weighted by Crippen LogP contribution is 2.53. The molecule has 0 aliphatic rings. The van der Waals surface area contributed by atoms with Crippen LogP contribution in [0, 0.1) is 48.5 Å². The number of rotatable bonds is 5. The van der Waals surface area contributed by atoms with Crippen LogP contribution in [0.3, 0.4) is 0 Å². The molecular formula is C127H94N5OS9+5. The number of nitrogens with zero attached hydrogens (tertiary/aromatic N) is 5. The van der Waals surface area contributed by atoms with E-state index >= 15 is 0 Å². The average molecular weight is 1990 g/mol. The molecule has 30 rings (SSSR count). The second-order valence-electron chi connectivity index (χ2n) is 37.7. The first kappa shape index (κ1) is 88.0. The van der Waals surface area contributed by atoms with Crippen molar-refractivity contribution in [2.24, 2.45) is 35.2 Å². The summed E-state index contributed by atoms with van der Waals surface area (Å²) >= 11 is 17.1. The number of aryl methyl sites for hydroxylation is 12. The summed E-state index contributed by atoms with van der Waals surface area (Å²) in [5.41, 5.74) is 23.9. The number of benzene rings is 15. The molecule has 15 heterocycles. The highest BCUT2D eigenvalue weighted by molar-refractivity contribution is 7.31. The van der Waals surface area contributed by atoms with Crippen LogP contribution >= 0.6 is 102 Å². The quantitative estimate of drug-likeness (QED) is 0.158. The minimum absolute atomic E-state index is 0.980. The molecule has 0 saturated heterocycles. The zero-order chi connectivity index (χ0) is 95.9. The first-order valence-corrected chi connectivity index (χ1v) is 55.3. The van der Waals surface area contributed by atoms with E-state index in [1.165, 1.54) is 288 Å². The molecule has 0 radical (unpaired) electrons. The van der Waals surface area contributed by atoms with E-state index in [2.05, 4.69) is 459 Å². The predicted molar refractivity (Wildman–Crippen MR) is 622 cm³/mol. The Morgan fingerprint density at radius 1 is 0.183 bits per heavy atom. The van der Waals surface area contributed by atoms with Gasteiger partial charge in [0.15, 0.2) is 36.6 Å². The average Bonchev–Trinajstić information content (AvgIpc) is 1.58. The maximum absolute atomic E-state index is 6.68. The van der Waals surface area contributed by atoms with Gasteiger partial charge in [-0.25, -0.2) is 4.57 Å². The smallest absolute Gasteiger partial charge is 0.230 e. The van der Waals surface area contributed by atoms with Crippen LogP contribution in [0.15, 0.2) is 357 Å². The number of hydrogen-bond donors (Lipinski definition) is 0. The maximum Gasteiger partial charge on any atom is 0.230 e. The number of fused-ring (bicyclic) bond motifs is 33. The molecule has 0 fully saturated rings. The van der Waals surface area contributed by atoms with Gasteiger partial charge in [0.1, 0.15) is 59.6 Å². The van der Waals surface area contributed by atoms with E-state index < -0.39 is 0 Å². The molecule has 142 heavy (non-hydrogen) atoms. The van der Waals surface area contributed by atoms with Gasteiger partial charge in [0.25, 0.3) is 0 Å². The van der Waals surface area contributed by atoms with Gasteiger partial charge in [-0.2, -0.15) is 18.3 Å². The third-order valence-electron chi connectivity index (χ3n) is 29.0. The van der Waals surface area contributed by atoms with E-state index in [4.69, 9.17) is 4.42 Å². The second-order valence-corrected chi connectivity index (χ2v) is 47.3. The van der Waals surface area contributed by atoms with Crippen molar-refractivity contribution in [1.82, 2.24) is 0 Å². The summed E-state index contributed by atoms with van der Waals surface area (Å²) in [5, 5.41) is 27.0. The molecule has 0 aliphatic heterocycles. The summed E-state index contributed by atoms with van der Waals surface area (Å²) in [6, 6.07) is 118. The monoisotopic (exact) mass is 1990 g/mol. The van der Waals surface area contributed by atoms with Gasteiger partial charge in [-0.3, -0.25) is 0 Å². The number of hydrogen-bond acceptors (Lipinski definition) is 10. The van der Waals surface area contributed by atoms with Gasteiger partial charge in [-0.05, 0) is 185 Å². The SMILES string of the molecule is Cc1cc(-c2c(C)ccc3c2oc2c3ccc3c4ccccc4sc32)[n+](C)cc1C.Cc1ccccc1-c1c2sc3cc4c(cc3c2cc[n+]1C)sc1ccccc14.Cc1ccccc1-c1c2sc3cc4sc5ccccc5c4cc3c2cc[n+]1C.Cc1ccccc1-c1c2sc3ccc4c5ccccc5sc4c3c2cc[n+]1C.Cc1ccccc1-c1c2sc3ccc4sc5ccccc5c4c3c2cc[n+]1C. The summed E-state index contributed by atoms with van der Waals surface area (Å²) in [5.74, 6) is 0. The Labute approximate surface area is 856 Å². The Balaban J connectivity index is 0.0000000909. The molecule has 0 atom stereocenters. The zero-order valence-electron chi connectivity index (χ0n) is 80.3. The summed E-state index contributed by atoms with van der Waals surface area (Å²) in [6.07, 6.45) is 11.0. The largest absolute Gasteiger partial charge is 0.454 e. The van der Waals surface area contributed by atoms with Crippen LogP contribution in [0.1, 0.15) is 38.9 Å². The van der Waals surface area contributed by atoms with Crippen LogP contribution in [-0.2, 0) is 35.2 Å². The lowest BCUT2D eigenvalue weighted by atomic mass is 9.99. The Bertz CT molecular complexity index is 10500. The van der Waals surface area contributed by atoms with Crippen LogP contribution < -0.4 is 22.8 Å². The third kappa shape index (κ3) is 14.4. The molecule has 0 spiro atoms. The summed E-state index contributed by atoms with van der Waals surface area (Å²) in [4.78, 5) is 0. The first-order valence-electron chi connectivity index (χ1n) is 48.0. The van der Waals surface area contributed by atoms with Crippen molar-refractivity contribution < 1.29 is 27.3 Å². The molecule has 15 heteroatoms. The van der Waals surface area contributed by atoms with Gasteiger partial charge in [0.05, 0.1) is 32.5 Å². The lowest BCUT2D eigenvalue weighted by Crippen LogP contribution is -2.31. The minimum Gasteiger partial charge on any atom is -0.454 e. The molecule has 0 N–H and O–H groups in total. The Morgan fingerprint density at radius 3 is 1.01 bits per heavy atom. The van der Waals surface area contributed by atoms with Gasteiger partial charge in [0.2, 0.25) is 28.5 Å². The fraction of sp³-hybridized carbons (Fsp3) is 0.0945. The lowest BCUT2D eigenvalue weighted by molar-refractivity contribution is -0.660. The van der Waals surface area contributed by atoms with Gasteiger partial charge >= 0.3 is 0 Å². The molecule has 6 nitrogen and oxygen atoms in total. The number of aromatic nitrogens is 5. The standard InChI is InChI=1S/C27H22NOS.4C25H18NS2/c1-15-9-10-19-20-11-12-21-18-7-5-6-8-23(18)30-27(21)26(20)29-25(19)24(15)22-13-16(2)17(3)14-28(22)4;1-15-7-3-4-8-16(15)24-25-18(11-12-26(24)2)20-14-22-19(13-23(20)28-25)17-9-5-6-10-21(17)27-22;1-15-7-3-4-8-16(15)24-25-18(11-12-26(24)2)20-13-19-17-9-5-6-10-21(17)27-22(19)14-23(20)28-25;1-15-7-3-4-8-16(15)24-25-18(13-14-26(24)2)23-21(28-25)12-11-20-22(23)17-9-5-6-10-19(17)27-20;1-15-7-3-4-8-16(15)23-25-19(13-14-26(23)2)22-21(28-25)12-11-18-17-9-5-6-10-20(17)27-24(18)22/h5-14H,1-4H3;4*3-14H,1-2H3/q5*+1. The molecular weight excluding hydrogens is 1900 g/mol. The Morgan fingerprint density at radius 2 is 0.493 bits per heavy atom. The lowest BCUT2D eigenvalue weighted by Gasteiger charge is -2.07. The maximum atomic E-state index is 6.68. The molecule has 682 valence electrons. The zero-order valence-corrected chi connectivity index (χ0v) is 87.7. The first-order chi connectivity index (χ1) is 69.4. The molecule has 30 aromatic rings. The Hall–Kier alpha value is -14.2. The van der Waals surface area contributed by atoms with Crippen molar-refractivity contribution >= 4 is 306 Å². The van der Waals surface area contributed by atoms with Crippen LogP contribution in [0.2, 0.25) is 0 Å². The third-order valence-corrected chi connectivity index (χ3v) is 39.5. The molecule has 15 aromatic heterocycles. The fourth-order valence-electron chi connectivity index (χ4n) is 21.8. The van der Waals surface area contributed by atoms with Gasteiger partial charge in [0, 0.05) is 205 Å². The van der Waals surface area contributed by atoms with Crippen LogP contribution in [0.25, 0.3) is 260 Å². The minimum atomic E-state index is 0.980. The van der Waals surface area contributed by atoms with E-state index in [1.807, 2.05) is 102 Å². The molecule has 0 aliphatic carbocycles. The summed E-state index contributed by atoms with van der Waals surface area (Å²) in [7, 11) is 10.7. The highest BCUT2D eigenvalue weighted by atomic mass is 32.1. The molecule has 15 aromatic carbocycles. The highest BCUT2D eigenvalue weighted by Gasteiger charge is 2.30. The van der Waals surface area contributed by atoms with Gasteiger partial charge in [-0.15, -0.1) is 102 Å². The summed E-state index contributed by atoms with van der Waals surface area (Å²) < 4.78 is 42.5. The fourth-order valence-corrected chi connectivity index (χ4v) is 32.9. The van der Waals surface area contributed by atoms with Crippen molar-refractivity contribution in [3.63, 3.8) is 0 Å². The van der Waals surface area contributed by atoms with Crippen LogP contribution in [-0.4, -0.2) is 0 Å². The van der Waals surface area contributed by atoms with E-state index in [9.17, 15) is 0 Å². The van der Waals surface area contributed by atoms with Crippen molar-refractivity contribution in [3.8, 4) is 56.3 Å². The van der Waals surface area contributed by atoms with E-state index in [1.54, 1.807) is 0 Å². The van der Waals surface area contributed by atoms with E-state index in [0.29, 0.717) is 0 Å². The normalized spacial score (nSPS) is 11.9. The molecule has 0 unspecified atom stereocenters. The van der Waals surface area contributed by atoms with Gasteiger partial charge in [-0.1, -0.05) is 188 Å². The van der Waals surface area contributed by atoms with Crippen LogP contribution in [0.4, 0.5) is 0 Å². The number of furan rings is 1. The number of thiophene rings is 9. The van der Waals surface area contributed by atoms with Crippen molar-refractivity contribution in [2.75, 3.05) is 0 Å². The van der Waals surface area contributed by atoms with E-state index in [-0.39, 0.29) is 0 Å². The Kier molecular flexibility index (Phi) is 21.6. The van der Waals surface area contributed by atoms with Crippen molar-refractivity contribution in [2.45, 2.75) is 48.5 Å².